The fourth-order valence-corrected chi connectivity index (χ4v) is 1.67. The second-order valence-corrected chi connectivity index (χ2v) is 3.93. The van der Waals surface area contributed by atoms with Crippen LogP contribution >= 0.6 is 0 Å². The van der Waals surface area contributed by atoms with Crippen molar-refractivity contribution < 1.29 is 9.53 Å². The topological polar surface area (TPSA) is 47.4 Å². The summed E-state index contributed by atoms with van der Waals surface area (Å²) >= 11 is 0. The lowest BCUT2D eigenvalue weighted by Gasteiger charge is -2.20. The number of ether oxygens (including phenoxy) is 1. The highest BCUT2D eigenvalue weighted by molar-refractivity contribution is 5.69. The molecule has 0 aliphatic rings. The van der Waals surface area contributed by atoms with Gasteiger partial charge in [0.25, 0.3) is 0 Å². The summed E-state index contributed by atoms with van der Waals surface area (Å²) in [6.07, 6.45) is 4.23. The van der Waals surface area contributed by atoms with E-state index in [1.165, 1.54) is 7.11 Å². The number of hydrogen-bond donors (Lipinski definition) is 0. The molecule has 0 unspecified atom stereocenters. The van der Waals surface area contributed by atoms with Gasteiger partial charge in [0.2, 0.25) is 0 Å². The van der Waals surface area contributed by atoms with Crippen LogP contribution in [0.2, 0.25) is 0 Å². The zero-order chi connectivity index (χ0) is 12.7. The minimum absolute atomic E-state index is 0.151. The van der Waals surface area contributed by atoms with Gasteiger partial charge >= 0.3 is 5.97 Å². The molecule has 0 saturated carbocycles. The van der Waals surface area contributed by atoms with E-state index in [2.05, 4.69) is 26.1 Å². The predicted molar refractivity (Wildman–Crippen MR) is 65.7 cm³/mol. The average molecular weight is 239 g/mol. The Bertz CT molecular complexity index is 349. The van der Waals surface area contributed by atoms with Crippen LogP contribution in [0.1, 0.15) is 19.2 Å². The Hall–Kier alpha value is -1.36. The van der Waals surface area contributed by atoms with Crippen LogP contribution in [0.15, 0.2) is 12.4 Å². The van der Waals surface area contributed by atoms with Crippen LogP contribution in [0.3, 0.4) is 0 Å². The molecule has 0 fully saturated rings. The molecule has 96 valence electrons. The van der Waals surface area contributed by atoms with Crippen LogP contribution in [0, 0.1) is 6.92 Å². The first-order valence-corrected chi connectivity index (χ1v) is 5.94. The van der Waals surface area contributed by atoms with E-state index in [-0.39, 0.29) is 5.97 Å². The van der Waals surface area contributed by atoms with Gasteiger partial charge in [-0.15, -0.1) is 0 Å². The molecular formula is C12H21N3O2. The van der Waals surface area contributed by atoms with Crippen LogP contribution in [0.4, 0.5) is 0 Å². The normalized spacial score (nSPS) is 10.8. The zero-order valence-electron chi connectivity index (χ0n) is 10.8. The van der Waals surface area contributed by atoms with Crippen molar-refractivity contribution in [2.75, 3.05) is 26.7 Å². The molecule has 17 heavy (non-hydrogen) atoms. The van der Waals surface area contributed by atoms with Crippen LogP contribution in [0.5, 0.6) is 0 Å². The Morgan fingerprint density at radius 2 is 2.29 bits per heavy atom. The summed E-state index contributed by atoms with van der Waals surface area (Å²) < 4.78 is 6.75. The first-order chi connectivity index (χ1) is 8.17. The van der Waals surface area contributed by atoms with Gasteiger partial charge in [0, 0.05) is 32.0 Å². The van der Waals surface area contributed by atoms with Gasteiger partial charge in [-0.1, -0.05) is 6.92 Å². The van der Waals surface area contributed by atoms with Gasteiger partial charge in [-0.2, -0.15) is 0 Å². The molecule has 0 aliphatic heterocycles. The fourth-order valence-electron chi connectivity index (χ4n) is 1.67. The molecule has 0 atom stereocenters. The van der Waals surface area contributed by atoms with Crippen LogP contribution < -0.4 is 0 Å². The van der Waals surface area contributed by atoms with E-state index in [9.17, 15) is 4.79 Å². The number of hydrogen-bond acceptors (Lipinski definition) is 4. The van der Waals surface area contributed by atoms with Crippen molar-refractivity contribution in [2.45, 2.75) is 26.8 Å². The molecule has 0 spiro atoms. The van der Waals surface area contributed by atoms with Gasteiger partial charge in [0.1, 0.15) is 5.82 Å². The maximum atomic E-state index is 11.1. The summed E-state index contributed by atoms with van der Waals surface area (Å²) in [5.41, 5.74) is 0. The van der Waals surface area contributed by atoms with Crippen LogP contribution in [0.25, 0.3) is 0 Å². The highest BCUT2D eigenvalue weighted by Crippen LogP contribution is 1.98. The van der Waals surface area contributed by atoms with Gasteiger partial charge < -0.3 is 14.2 Å². The lowest BCUT2D eigenvalue weighted by atomic mass is 10.3. The van der Waals surface area contributed by atoms with Crippen LogP contribution in [-0.2, 0) is 16.1 Å². The third-order valence-corrected chi connectivity index (χ3v) is 2.89. The number of imidazole rings is 1. The molecule has 0 saturated heterocycles. The van der Waals surface area contributed by atoms with E-state index in [1.54, 1.807) is 6.20 Å². The largest absolute Gasteiger partial charge is 0.469 e. The zero-order valence-corrected chi connectivity index (χ0v) is 10.8. The molecule has 0 radical (unpaired) electrons. The molecule has 1 aromatic heterocycles. The first kappa shape index (κ1) is 13.7. The average Bonchev–Trinajstić information content (AvgIpc) is 2.75. The molecule has 5 heteroatoms. The molecule has 0 aromatic carbocycles. The monoisotopic (exact) mass is 239 g/mol. The van der Waals surface area contributed by atoms with Crippen molar-refractivity contribution in [3.63, 3.8) is 0 Å². The standard InChI is InChI=1S/C12H21N3O2/c1-4-14(7-5-12(16)17-3)9-10-15-8-6-13-11(15)2/h6,8H,4-5,7,9-10H2,1-3H3. The summed E-state index contributed by atoms with van der Waals surface area (Å²) in [5, 5.41) is 0. The van der Waals surface area contributed by atoms with Crippen molar-refractivity contribution in [1.29, 1.82) is 0 Å². The number of carbonyl (C=O) groups is 1. The molecule has 0 amide bonds. The van der Waals surface area contributed by atoms with Crippen molar-refractivity contribution in [2.24, 2.45) is 0 Å². The van der Waals surface area contributed by atoms with E-state index >= 15 is 0 Å². The number of rotatable bonds is 7. The number of carbonyl (C=O) groups excluding carboxylic acids is 1. The van der Waals surface area contributed by atoms with Crippen molar-refractivity contribution in [3.8, 4) is 0 Å². The Labute approximate surface area is 102 Å². The summed E-state index contributed by atoms with van der Waals surface area (Å²) in [6, 6.07) is 0. The van der Waals surface area contributed by atoms with Gasteiger partial charge in [-0.25, -0.2) is 4.98 Å². The smallest absolute Gasteiger partial charge is 0.306 e. The van der Waals surface area contributed by atoms with Gasteiger partial charge in [-0.3, -0.25) is 4.79 Å². The lowest BCUT2D eigenvalue weighted by molar-refractivity contribution is -0.140. The molecule has 0 aliphatic carbocycles. The van der Waals surface area contributed by atoms with Gasteiger partial charge in [-0.05, 0) is 13.5 Å². The quantitative estimate of drug-likeness (QED) is 0.668. The summed E-state index contributed by atoms with van der Waals surface area (Å²) in [5.74, 6) is 0.872. The number of aryl methyl sites for hydroxylation is 1. The van der Waals surface area contributed by atoms with Crippen molar-refractivity contribution in [3.05, 3.63) is 18.2 Å². The van der Waals surface area contributed by atoms with Crippen molar-refractivity contribution in [1.82, 2.24) is 14.5 Å². The number of esters is 1. The first-order valence-electron chi connectivity index (χ1n) is 5.94. The third kappa shape index (κ3) is 4.56. The molecule has 1 heterocycles. The summed E-state index contributed by atoms with van der Waals surface area (Å²) in [4.78, 5) is 17.5. The Kier molecular flexibility index (Phi) is 5.69. The van der Waals surface area contributed by atoms with E-state index in [0.717, 1.165) is 32.0 Å². The maximum absolute atomic E-state index is 11.1. The Balaban J connectivity index is 2.32. The molecule has 1 rings (SSSR count). The Morgan fingerprint density at radius 3 is 2.82 bits per heavy atom. The van der Waals surface area contributed by atoms with Gasteiger partial charge in [0.15, 0.2) is 0 Å². The predicted octanol–water partition coefficient (Wildman–Crippen LogP) is 1.08. The number of likely N-dealkylation sites (N-methyl/N-ethyl adjacent to an activating group) is 1. The molecule has 1 aromatic rings. The fraction of sp³-hybridized carbons (Fsp3) is 0.667. The van der Waals surface area contributed by atoms with E-state index in [0.29, 0.717) is 6.42 Å². The highest BCUT2D eigenvalue weighted by atomic mass is 16.5. The summed E-state index contributed by atoms with van der Waals surface area (Å²) in [6.45, 7) is 7.59. The minimum atomic E-state index is -0.151. The molecule has 5 nitrogen and oxygen atoms in total. The lowest BCUT2D eigenvalue weighted by Crippen LogP contribution is -2.30. The maximum Gasteiger partial charge on any atom is 0.306 e. The number of nitrogens with zero attached hydrogens (tertiary/aromatic N) is 3. The number of aromatic nitrogens is 2. The highest BCUT2D eigenvalue weighted by Gasteiger charge is 2.07. The SMILES string of the molecule is CCN(CCC(=O)OC)CCn1ccnc1C. The number of methoxy groups -OCH3 is 1. The van der Waals surface area contributed by atoms with Gasteiger partial charge in [0.05, 0.1) is 13.5 Å². The third-order valence-electron chi connectivity index (χ3n) is 2.89. The van der Waals surface area contributed by atoms with E-state index in [1.807, 2.05) is 13.1 Å². The minimum Gasteiger partial charge on any atom is -0.469 e. The van der Waals surface area contributed by atoms with E-state index in [4.69, 9.17) is 0 Å². The van der Waals surface area contributed by atoms with Crippen LogP contribution in [-0.4, -0.2) is 47.2 Å². The molecular weight excluding hydrogens is 218 g/mol. The second kappa shape index (κ2) is 7.06. The Morgan fingerprint density at radius 1 is 1.53 bits per heavy atom. The molecule has 0 bridgehead atoms. The van der Waals surface area contributed by atoms with E-state index < -0.39 is 0 Å². The summed E-state index contributed by atoms with van der Waals surface area (Å²) in [7, 11) is 1.42. The second-order valence-electron chi connectivity index (χ2n) is 3.93. The molecule has 0 N–H and O–H groups in total. The van der Waals surface area contributed by atoms with Crippen molar-refractivity contribution >= 4 is 5.97 Å².